The number of anilines is 2. The Bertz CT molecular complexity index is 1480. The van der Waals surface area contributed by atoms with Crippen molar-refractivity contribution in [1.82, 2.24) is 9.97 Å². The number of aromatic nitrogens is 2. The molecule has 202 valence electrons. The van der Waals surface area contributed by atoms with Gasteiger partial charge in [-0.1, -0.05) is 6.42 Å². The number of hydrogen-bond acceptors (Lipinski definition) is 9. The predicted octanol–water partition coefficient (Wildman–Crippen LogP) is 5.05. The van der Waals surface area contributed by atoms with Crippen molar-refractivity contribution in [3.8, 4) is 11.5 Å². The zero-order valence-corrected chi connectivity index (χ0v) is 22.3. The van der Waals surface area contributed by atoms with Gasteiger partial charge in [0.15, 0.2) is 6.10 Å². The number of methoxy groups -OCH3 is 1. The molecule has 0 aliphatic carbocycles. The molecule has 3 atom stereocenters. The van der Waals surface area contributed by atoms with E-state index in [1.807, 2.05) is 6.92 Å². The van der Waals surface area contributed by atoms with Crippen LogP contribution < -0.4 is 14.8 Å². The summed E-state index contributed by atoms with van der Waals surface area (Å²) in [6.07, 6.45) is 4.69. The van der Waals surface area contributed by atoms with Crippen LogP contribution in [0.1, 0.15) is 31.2 Å². The molecule has 1 N–H and O–H groups in total. The van der Waals surface area contributed by atoms with Crippen molar-refractivity contribution >= 4 is 37.8 Å². The molecular weight excluding hydrogens is 511 g/mol. The molecule has 0 radical (unpaired) electrons. The lowest BCUT2D eigenvalue weighted by Gasteiger charge is -2.21. The minimum atomic E-state index is -2.33. The molecule has 9 nitrogen and oxygen atoms in total. The zero-order chi connectivity index (χ0) is 26.3. The molecule has 38 heavy (non-hydrogen) atoms. The number of nitrogens with one attached hydrogen (secondary N) is 1. The van der Waals surface area contributed by atoms with E-state index in [1.165, 1.54) is 18.5 Å². The normalized spacial score (nSPS) is 24.2. The van der Waals surface area contributed by atoms with E-state index in [0.29, 0.717) is 58.9 Å². The van der Waals surface area contributed by atoms with Crippen molar-refractivity contribution in [2.24, 2.45) is 4.36 Å². The molecule has 3 aliphatic rings. The first kappa shape index (κ1) is 25.3. The third-order valence-corrected chi connectivity index (χ3v) is 9.77. The number of halogens is 1. The van der Waals surface area contributed by atoms with Crippen LogP contribution in [0.25, 0.3) is 10.9 Å². The number of benzene rings is 2. The van der Waals surface area contributed by atoms with Crippen LogP contribution in [-0.2, 0) is 19.2 Å². The molecule has 6 rings (SSSR count). The molecule has 3 aromatic rings. The fourth-order valence-corrected chi connectivity index (χ4v) is 7.71. The van der Waals surface area contributed by atoms with Crippen LogP contribution in [0.5, 0.6) is 11.5 Å². The maximum atomic E-state index is 14.3. The van der Waals surface area contributed by atoms with Gasteiger partial charge in [-0.2, -0.15) is 4.36 Å². The van der Waals surface area contributed by atoms with Crippen LogP contribution in [0.4, 0.5) is 21.6 Å². The summed E-state index contributed by atoms with van der Waals surface area (Å²) < 4.78 is 55.8. The van der Waals surface area contributed by atoms with Gasteiger partial charge in [0.05, 0.1) is 40.8 Å². The Balaban J connectivity index is 1.37. The van der Waals surface area contributed by atoms with Gasteiger partial charge in [0.2, 0.25) is 0 Å². The Morgan fingerprint density at radius 1 is 1.16 bits per heavy atom. The molecule has 4 heterocycles. The Labute approximate surface area is 221 Å². The number of nitrogens with zero attached hydrogens (tertiary/aromatic N) is 3. The second-order valence-corrected chi connectivity index (χ2v) is 12.5. The van der Waals surface area contributed by atoms with Crippen molar-refractivity contribution in [3.05, 3.63) is 42.0 Å². The molecule has 0 bridgehead atoms. The van der Waals surface area contributed by atoms with E-state index < -0.39 is 15.5 Å². The number of fused-ring (bicyclic) bond motifs is 2. The van der Waals surface area contributed by atoms with Crippen molar-refractivity contribution < 1.29 is 27.5 Å². The molecule has 3 aliphatic heterocycles. The first-order valence-corrected chi connectivity index (χ1v) is 14.8. The summed E-state index contributed by atoms with van der Waals surface area (Å²) in [7, 11) is -0.759. The lowest BCUT2D eigenvalue weighted by molar-refractivity contribution is 0.0310. The van der Waals surface area contributed by atoms with E-state index in [-0.39, 0.29) is 18.3 Å². The van der Waals surface area contributed by atoms with Gasteiger partial charge in [-0.15, -0.1) is 0 Å². The Hall–Kier alpha value is -3.02. The van der Waals surface area contributed by atoms with Crippen molar-refractivity contribution in [2.75, 3.05) is 37.1 Å². The topological polar surface area (TPSA) is 104 Å². The van der Waals surface area contributed by atoms with E-state index in [0.717, 1.165) is 36.6 Å². The van der Waals surface area contributed by atoms with Gasteiger partial charge in [0.1, 0.15) is 41.3 Å². The van der Waals surface area contributed by atoms with Gasteiger partial charge in [-0.05, 0) is 44.4 Å². The van der Waals surface area contributed by atoms with Crippen LogP contribution in [0.3, 0.4) is 0 Å². The summed E-state index contributed by atoms with van der Waals surface area (Å²) >= 11 is 0. The van der Waals surface area contributed by atoms with E-state index in [4.69, 9.17) is 18.9 Å². The first-order chi connectivity index (χ1) is 18.4. The Morgan fingerprint density at radius 2 is 2.00 bits per heavy atom. The zero-order valence-electron chi connectivity index (χ0n) is 21.4. The second kappa shape index (κ2) is 10.3. The largest absolute Gasteiger partial charge is 0.494 e. The van der Waals surface area contributed by atoms with Gasteiger partial charge < -0.3 is 24.3 Å². The van der Waals surface area contributed by atoms with Gasteiger partial charge >= 0.3 is 0 Å². The number of aryl methyl sites for hydroxylation is 1. The lowest BCUT2D eigenvalue weighted by Crippen LogP contribution is -2.32. The van der Waals surface area contributed by atoms with E-state index >= 15 is 0 Å². The Kier molecular flexibility index (Phi) is 6.83. The average molecular weight is 543 g/mol. The smallest absolute Gasteiger partial charge is 0.151 e. The summed E-state index contributed by atoms with van der Waals surface area (Å²) in [5, 5.41) is 4.03. The summed E-state index contributed by atoms with van der Waals surface area (Å²) in [6.45, 7) is 2.91. The maximum Gasteiger partial charge on any atom is 0.151 e. The third kappa shape index (κ3) is 4.78. The van der Waals surface area contributed by atoms with Gasteiger partial charge in [-0.3, -0.25) is 0 Å². The minimum absolute atomic E-state index is 0.00852. The molecule has 3 fully saturated rings. The lowest BCUT2D eigenvalue weighted by atomic mass is 10.1. The van der Waals surface area contributed by atoms with Crippen LogP contribution in [-0.4, -0.2) is 64.3 Å². The van der Waals surface area contributed by atoms with E-state index in [2.05, 4.69) is 19.6 Å². The van der Waals surface area contributed by atoms with Crippen LogP contribution >= 0.6 is 0 Å². The predicted molar refractivity (Wildman–Crippen MR) is 143 cm³/mol. The summed E-state index contributed by atoms with van der Waals surface area (Å²) in [4.78, 5) is 8.95. The quantitative estimate of drug-likeness (QED) is 0.462. The maximum absolute atomic E-state index is 14.3. The minimum Gasteiger partial charge on any atom is -0.494 e. The highest BCUT2D eigenvalue weighted by molar-refractivity contribution is 7.93. The van der Waals surface area contributed by atoms with Gasteiger partial charge in [-0.25, -0.2) is 18.6 Å². The van der Waals surface area contributed by atoms with Gasteiger partial charge in [0, 0.05) is 35.1 Å². The summed E-state index contributed by atoms with van der Waals surface area (Å²) in [6, 6.07) is 6.12. The summed E-state index contributed by atoms with van der Waals surface area (Å²) in [5.74, 6) is 2.15. The molecule has 11 heteroatoms. The van der Waals surface area contributed by atoms with Crippen molar-refractivity contribution in [2.45, 2.75) is 50.9 Å². The summed E-state index contributed by atoms with van der Waals surface area (Å²) in [5.41, 5.74) is 2.48. The highest BCUT2D eigenvalue weighted by atomic mass is 32.2. The van der Waals surface area contributed by atoms with Gasteiger partial charge in [0.25, 0.3) is 0 Å². The number of ether oxygens (including phenoxy) is 4. The molecule has 0 amide bonds. The van der Waals surface area contributed by atoms with Crippen molar-refractivity contribution in [1.29, 1.82) is 0 Å². The monoisotopic (exact) mass is 542 g/mol. The van der Waals surface area contributed by atoms with Crippen LogP contribution in [0.15, 0.2) is 35.0 Å². The first-order valence-electron chi connectivity index (χ1n) is 13.0. The third-order valence-electron chi connectivity index (χ3n) is 7.39. The molecule has 2 aromatic carbocycles. The fraction of sp³-hybridized carbons (Fsp3) is 0.481. The Morgan fingerprint density at radius 3 is 2.82 bits per heavy atom. The van der Waals surface area contributed by atoms with Crippen molar-refractivity contribution in [3.63, 3.8) is 0 Å². The number of rotatable bonds is 6. The molecule has 0 unspecified atom stereocenters. The van der Waals surface area contributed by atoms with Crippen LogP contribution in [0.2, 0.25) is 0 Å². The van der Waals surface area contributed by atoms with E-state index in [1.54, 1.807) is 19.2 Å². The van der Waals surface area contributed by atoms with Crippen LogP contribution in [0, 0.1) is 12.7 Å². The highest BCUT2D eigenvalue weighted by Crippen LogP contribution is 2.41. The molecule has 0 saturated carbocycles. The fourth-order valence-electron chi connectivity index (χ4n) is 5.52. The standard InChI is InChI=1S/C27H31FN4O5S/c1-16-24-19(13-20(25(16)34-2)32-38(33)10-4-3-5-11-38)29-15-30-27(24)31-18-7-6-17(28)12-22(18)37-23-14-36-21-8-9-35-26(21)23/h6-7,12-13,15,21,23,26H,3-5,8-11,14H2,1-2H3,(H,29,30,31)/t21-,23-,26+/m1/s1. The molecule has 0 spiro atoms. The second-order valence-electron chi connectivity index (χ2n) is 9.92. The van der Waals surface area contributed by atoms with E-state index in [9.17, 15) is 8.60 Å². The number of hydrogen-bond donors (Lipinski definition) is 1. The average Bonchev–Trinajstić information content (AvgIpc) is 3.51. The molecule has 1 aromatic heterocycles. The highest BCUT2D eigenvalue weighted by Gasteiger charge is 2.43. The SMILES string of the molecule is COc1c(N=S2(=O)CCCCC2)cc2ncnc(Nc3ccc(F)cc3O[C@@H]3CO[C@@H]4CCO[C@@H]43)c2c1C. The molecular formula is C27H31FN4O5S. The molecule has 3 saturated heterocycles.